The summed E-state index contributed by atoms with van der Waals surface area (Å²) >= 11 is 0. The maximum Gasteiger partial charge on any atom is 0.0636 e. The van der Waals surface area contributed by atoms with Gasteiger partial charge >= 0.3 is 0 Å². The van der Waals surface area contributed by atoms with Crippen LogP contribution in [-0.2, 0) is 4.74 Å². The van der Waals surface area contributed by atoms with Crippen LogP contribution >= 0.6 is 0 Å². The van der Waals surface area contributed by atoms with Gasteiger partial charge < -0.3 is 15.2 Å². The minimum Gasteiger partial charge on any atom is -0.392 e. The zero-order valence-corrected chi connectivity index (χ0v) is 8.46. The van der Waals surface area contributed by atoms with E-state index in [4.69, 9.17) is 9.84 Å². The van der Waals surface area contributed by atoms with Gasteiger partial charge in [0.05, 0.1) is 6.10 Å². The fraction of sp³-hybridized carbons (Fsp3) is 1.00. The van der Waals surface area contributed by atoms with Gasteiger partial charge in [-0.15, -0.1) is 0 Å². The van der Waals surface area contributed by atoms with Crippen LogP contribution in [0.15, 0.2) is 0 Å². The molecule has 1 aliphatic carbocycles. The molecule has 0 bridgehead atoms. The second-order valence-electron chi connectivity index (χ2n) is 3.92. The Morgan fingerprint density at radius 2 is 2.31 bits per heavy atom. The van der Waals surface area contributed by atoms with Gasteiger partial charge in [-0.25, -0.2) is 0 Å². The number of rotatable bonds is 8. The molecule has 1 fully saturated rings. The van der Waals surface area contributed by atoms with Crippen molar-refractivity contribution in [3.63, 3.8) is 0 Å². The molecule has 13 heavy (non-hydrogen) atoms. The second kappa shape index (κ2) is 6.35. The van der Waals surface area contributed by atoms with Gasteiger partial charge in [0.2, 0.25) is 0 Å². The fourth-order valence-corrected chi connectivity index (χ4v) is 1.14. The molecule has 3 heteroatoms. The quantitative estimate of drug-likeness (QED) is 0.552. The first-order valence-corrected chi connectivity index (χ1v) is 5.25. The van der Waals surface area contributed by atoms with Crippen LogP contribution in [0, 0.1) is 5.92 Å². The van der Waals surface area contributed by atoms with Gasteiger partial charge in [0.25, 0.3) is 0 Å². The molecular weight excluding hydrogens is 166 g/mol. The first-order valence-electron chi connectivity index (χ1n) is 5.25. The Morgan fingerprint density at radius 3 is 2.92 bits per heavy atom. The molecule has 0 aromatic carbocycles. The smallest absolute Gasteiger partial charge is 0.0636 e. The fourth-order valence-electron chi connectivity index (χ4n) is 1.14. The molecule has 0 saturated heterocycles. The standard InChI is InChI=1S/C10H21NO2/c1-9(12)7-11-5-2-6-13-8-10-3-4-10/h9-12H,2-8H2,1H3. The molecule has 2 N–H and O–H groups in total. The van der Waals surface area contributed by atoms with Gasteiger partial charge in [-0.3, -0.25) is 0 Å². The van der Waals surface area contributed by atoms with Crippen molar-refractivity contribution in [3.05, 3.63) is 0 Å². The third-order valence-corrected chi connectivity index (χ3v) is 2.13. The zero-order chi connectivity index (χ0) is 9.52. The van der Waals surface area contributed by atoms with Crippen LogP contribution in [0.5, 0.6) is 0 Å². The van der Waals surface area contributed by atoms with Crippen LogP contribution in [0.4, 0.5) is 0 Å². The van der Waals surface area contributed by atoms with E-state index in [1.165, 1.54) is 12.8 Å². The Morgan fingerprint density at radius 1 is 1.54 bits per heavy atom. The molecule has 1 aliphatic rings. The van der Waals surface area contributed by atoms with Crippen LogP contribution in [0.1, 0.15) is 26.2 Å². The monoisotopic (exact) mass is 187 g/mol. The number of nitrogens with one attached hydrogen (secondary N) is 1. The largest absolute Gasteiger partial charge is 0.392 e. The minimum atomic E-state index is -0.243. The number of ether oxygens (including phenoxy) is 1. The van der Waals surface area contributed by atoms with Crippen LogP contribution in [0.3, 0.4) is 0 Å². The third kappa shape index (κ3) is 6.99. The molecule has 1 unspecified atom stereocenters. The Kier molecular flexibility index (Phi) is 5.35. The van der Waals surface area contributed by atoms with E-state index in [-0.39, 0.29) is 6.10 Å². The van der Waals surface area contributed by atoms with Crippen LogP contribution in [0.25, 0.3) is 0 Å². The van der Waals surface area contributed by atoms with Crippen molar-refractivity contribution >= 4 is 0 Å². The van der Waals surface area contributed by atoms with E-state index in [1.807, 2.05) is 0 Å². The van der Waals surface area contributed by atoms with Gasteiger partial charge in [-0.1, -0.05) is 0 Å². The highest BCUT2D eigenvalue weighted by Gasteiger charge is 2.20. The van der Waals surface area contributed by atoms with E-state index in [2.05, 4.69) is 5.32 Å². The van der Waals surface area contributed by atoms with E-state index in [1.54, 1.807) is 6.92 Å². The van der Waals surface area contributed by atoms with Crippen molar-refractivity contribution in [1.29, 1.82) is 0 Å². The first-order chi connectivity index (χ1) is 6.29. The van der Waals surface area contributed by atoms with Crippen molar-refractivity contribution in [3.8, 4) is 0 Å². The summed E-state index contributed by atoms with van der Waals surface area (Å²) in [5.41, 5.74) is 0. The molecule has 0 radical (unpaired) electrons. The SMILES string of the molecule is CC(O)CNCCCOCC1CC1. The highest BCUT2D eigenvalue weighted by molar-refractivity contribution is 4.71. The predicted octanol–water partition coefficient (Wildman–Crippen LogP) is 0.773. The first kappa shape index (κ1) is 11.0. The van der Waals surface area contributed by atoms with Crippen molar-refractivity contribution in [2.24, 2.45) is 5.92 Å². The molecule has 1 saturated carbocycles. The average molecular weight is 187 g/mol. The Bertz CT molecular complexity index is 118. The highest BCUT2D eigenvalue weighted by atomic mass is 16.5. The predicted molar refractivity (Wildman–Crippen MR) is 52.7 cm³/mol. The van der Waals surface area contributed by atoms with Gasteiger partial charge in [-0.2, -0.15) is 0 Å². The molecule has 0 heterocycles. The van der Waals surface area contributed by atoms with Gasteiger partial charge in [0, 0.05) is 19.8 Å². The third-order valence-electron chi connectivity index (χ3n) is 2.13. The summed E-state index contributed by atoms with van der Waals surface area (Å²) in [6.45, 7) is 5.22. The summed E-state index contributed by atoms with van der Waals surface area (Å²) in [5, 5.41) is 12.1. The van der Waals surface area contributed by atoms with Gasteiger partial charge in [-0.05, 0) is 38.6 Å². The molecule has 1 rings (SSSR count). The summed E-state index contributed by atoms with van der Waals surface area (Å²) < 4.78 is 5.46. The number of hydrogen-bond acceptors (Lipinski definition) is 3. The minimum absolute atomic E-state index is 0.243. The summed E-state index contributed by atoms with van der Waals surface area (Å²) in [6.07, 6.45) is 3.52. The van der Waals surface area contributed by atoms with Crippen molar-refractivity contribution in [2.45, 2.75) is 32.3 Å². The molecule has 0 amide bonds. The van der Waals surface area contributed by atoms with Crippen LogP contribution in [-0.4, -0.2) is 37.5 Å². The van der Waals surface area contributed by atoms with E-state index >= 15 is 0 Å². The van der Waals surface area contributed by atoms with E-state index in [0.717, 1.165) is 32.1 Å². The number of aliphatic hydroxyl groups is 1. The Labute approximate surface area is 80.5 Å². The molecule has 1 atom stereocenters. The molecule has 0 aliphatic heterocycles. The Hall–Kier alpha value is -0.120. The van der Waals surface area contributed by atoms with Crippen molar-refractivity contribution < 1.29 is 9.84 Å². The van der Waals surface area contributed by atoms with E-state index < -0.39 is 0 Å². The number of aliphatic hydroxyl groups excluding tert-OH is 1. The summed E-state index contributed by atoms with van der Waals surface area (Å²) in [4.78, 5) is 0. The van der Waals surface area contributed by atoms with E-state index in [9.17, 15) is 0 Å². The van der Waals surface area contributed by atoms with Crippen molar-refractivity contribution in [1.82, 2.24) is 5.32 Å². The maximum absolute atomic E-state index is 8.94. The van der Waals surface area contributed by atoms with Crippen LogP contribution < -0.4 is 5.32 Å². The lowest BCUT2D eigenvalue weighted by Crippen LogP contribution is -2.25. The molecule has 0 spiro atoms. The van der Waals surface area contributed by atoms with Crippen molar-refractivity contribution in [2.75, 3.05) is 26.3 Å². The topological polar surface area (TPSA) is 41.5 Å². The number of hydrogen-bond donors (Lipinski definition) is 2. The zero-order valence-electron chi connectivity index (χ0n) is 8.46. The average Bonchev–Trinajstić information content (AvgIpc) is 2.86. The van der Waals surface area contributed by atoms with Gasteiger partial charge in [0.15, 0.2) is 0 Å². The lowest BCUT2D eigenvalue weighted by atomic mass is 10.4. The summed E-state index contributed by atoms with van der Waals surface area (Å²) in [7, 11) is 0. The lowest BCUT2D eigenvalue weighted by molar-refractivity contribution is 0.120. The summed E-state index contributed by atoms with van der Waals surface area (Å²) in [6, 6.07) is 0. The molecule has 0 aromatic rings. The second-order valence-corrected chi connectivity index (χ2v) is 3.92. The molecular formula is C10H21NO2. The molecule has 0 aromatic heterocycles. The summed E-state index contributed by atoms with van der Waals surface area (Å²) in [5.74, 6) is 0.866. The normalized spacial score (nSPS) is 18.9. The lowest BCUT2D eigenvalue weighted by Gasteiger charge is -2.06. The van der Waals surface area contributed by atoms with Gasteiger partial charge in [0.1, 0.15) is 0 Å². The molecule has 3 nitrogen and oxygen atoms in total. The maximum atomic E-state index is 8.94. The Balaban J connectivity index is 1.68. The van der Waals surface area contributed by atoms with E-state index in [0.29, 0.717) is 6.54 Å². The molecule has 78 valence electrons. The van der Waals surface area contributed by atoms with Crippen LogP contribution in [0.2, 0.25) is 0 Å². The highest BCUT2D eigenvalue weighted by Crippen LogP contribution is 2.28.